The lowest BCUT2D eigenvalue weighted by molar-refractivity contribution is -0.134. The van der Waals surface area contributed by atoms with E-state index in [0.29, 0.717) is 0 Å². The van der Waals surface area contributed by atoms with E-state index in [0.717, 1.165) is 39.2 Å². The SMILES string of the molecule is CC(=O)Oc1cc2c(cc1OC(C)=O)C(CSc1nnc(C)s1)NCC2.c1ccsc1. The summed E-state index contributed by atoms with van der Waals surface area (Å²) in [5.41, 5.74) is 2.12. The van der Waals surface area contributed by atoms with Crippen LogP contribution in [0.1, 0.15) is 36.0 Å². The minimum Gasteiger partial charge on any atom is -0.423 e. The summed E-state index contributed by atoms with van der Waals surface area (Å²) in [6.07, 6.45) is 0.809. The number of carbonyl (C=O) groups is 2. The van der Waals surface area contributed by atoms with Gasteiger partial charge in [0, 0.05) is 25.6 Å². The first-order valence-electron chi connectivity index (χ1n) is 9.59. The number of benzene rings is 1. The molecule has 1 atom stereocenters. The van der Waals surface area contributed by atoms with Crippen LogP contribution in [0.25, 0.3) is 0 Å². The Labute approximate surface area is 193 Å². The molecule has 0 aliphatic carbocycles. The summed E-state index contributed by atoms with van der Waals surface area (Å²) in [5, 5.41) is 16.7. The number of rotatable bonds is 5. The molecule has 0 saturated heterocycles. The average Bonchev–Trinajstić information content (AvgIpc) is 3.41. The van der Waals surface area contributed by atoms with Crippen molar-refractivity contribution in [3.8, 4) is 11.5 Å². The first-order chi connectivity index (χ1) is 14.9. The van der Waals surface area contributed by atoms with Crippen LogP contribution in [0.4, 0.5) is 0 Å². The van der Waals surface area contributed by atoms with Crippen molar-refractivity contribution in [2.45, 2.75) is 37.6 Å². The van der Waals surface area contributed by atoms with Crippen molar-refractivity contribution in [1.29, 1.82) is 0 Å². The third-order valence-corrected chi connectivity index (χ3v) is 6.87. The Morgan fingerprint density at radius 1 is 1.13 bits per heavy atom. The molecule has 0 radical (unpaired) electrons. The largest absolute Gasteiger partial charge is 0.423 e. The van der Waals surface area contributed by atoms with Crippen LogP contribution in [0, 0.1) is 6.92 Å². The van der Waals surface area contributed by atoms with Crippen molar-refractivity contribution in [3.05, 3.63) is 51.2 Å². The Bertz CT molecular complexity index is 1000. The Kier molecular flexibility index (Phi) is 8.59. The number of nitrogens with one attached hydrogen (secondary N) is 1. The maximum atomic E-state index is 11.4. The highest BCUT2D eigenvalue weighted by atomic mass is 32.2. The summed E-state index contributed by atoms with van der Waals surface area (Å²) in [5.74, 6) is 0.397. The quantitative estimate of drug-likeness (QED) is 0.328. The Morgan fingerprint density at radius 3 is 2.35 bits per heavy atom. The number of ether oxygens (including phenoxy) is 2. The Hall–Kier alpha value is -2.27. The van der Waals surface area contributed by atoms with Crippen molar-refractivity contribution >= 4 is 46.4 Å². The van der Waals surface area contributed by atoms with Crippen LogP contribution in [0.2, 0.25) is 0 Å². The highest BCUT2D eigenvalue weighted by Gasteiger charge is 2.24. The number of esters is 2. The van der Waals surface area contributed by atoms with Crippen molar-refractivity contribution < 1.29 is 19.1 Å². The van der Waals surface area contributed by atoms with Gasteiger partial charge in [-0.3, -0.25) is 9.59 Å². The number of aromatic nitrogens is 2. The number of aryl methyl sites for hydroxylation is 1. The van der Waals surface area contributed by atoms with Crippen LogP contribution in [0.15, 0.2) is 39.4 Å². The van der Waals surface area contributed by atoms with E-state index in [-0.39, 0.29) is 17.5 Å². The van der Waals surface area contributed by atoms with E-state index in [1.807, 2.05) is 29.8 Å². The molecule has 1 aliphatic rings. The van der Waals surface area contributed by atoms with Crippen molar-refractivity contribution in [3.63, 3.8) is 0 Å². The molecule has 1 aromatic carbocycles. The van der Waals surface area contributed by atoms with Gasteiger partial charge in [0.1, 0.15) is 5.01 Å². The fourth-order valence-corrected chi connectivity index (χ4v) is 5.36. The highest BCUT2D eigenvalue weighted by molar-refractivity contribution is 8.01. The predicted molar refractivity (Wildman–Crippen MR) is 123 cm³/mol. The number of carbonyl (C=O) groups excluding carboxylic acids is 2. The number of hydrogen-bond acceptors (Lipinski definition) is 10. The summed E-state index contributed by atoms with van der Waals surface area (Å²) < 4.78 is 11.4. The second kappa shape index (κ2) is 11.4. The van der Waals surface area contributed by atoms with E-state index in [2.05, 4.69) is 15.5 Å². The highest BCUT2D eigenvalue weighted by Crippen LogP contribution is 2.37. The maximum absolute atomic E-state index is 11.4. The molecule has 1 aliphatic heterocycles. The zero-order valence-corrected chi connectivity index (χ0v) is 19.9. The first kappa shape index (κ1) is 23.4. The van der Waals surface area contributed by atoms with Gasteiger partial charge in [0.05, 0.1) is 0 Å². The second-order valence-corrected chi connectivity index (χ2v) is 9.90. The van der Waals surface area contributed by atoms with E-state index in [1.165, 1.54) is 13.8 Å². The Morgan fingerprint density at radius 2 is 1.81 bits per heavy atom. The van der Waals surface area contributed by atoms with Crippen molar-refractivity contribution in [2.24, 2.45) is 0 Å². The minimum atomic E-state index is -0.461. The first-order valence-corrected chi connectivity index (χ1v) is 12.3. The van der Waals surface area contributed by atoms with E-state index >= 15 is 0 Å². The number of nitrogens with zero attached hydrogens (tertiary/aromatic N) is 2. The summed E-state index contributed by atoms with van der Waals surface area (Å²) in [4.78, 5) is 22.8. The fourth-order valence-electron chi connectivity index (χ4n) is 2.99. The molecule has 10 heteroatoms. The van der Waals surface area contributed by atoms with Gasteiger partial charge in [-0.2, -0.15) is 11.3 Å². The van der Waals surface area contributed by atoms with Crippen molar-refractivity contribution in [1.82, 2.24) is 15.5 Å². The van der Waals surface area contributed by atoms with Crippen LogP contribution >= 0.6 is 34.4 Å². The molecule has 0 amide bonds. The molecule has 4 rings (SSSR count). The molecule has 164 valence electrons. The van der Waals surface area contributed by atoms with Crippen LogP contribution in [-0.2, 0) is 16.0 Å². The topological polar surface area (TPSA) is 90.4 Å². The Balaban J connectivity index is 0.000000478. The van der Waals surface area contributed by atoms with Gasteiger partial charge in [0.25, 0.3) is 0 Å². The van der Waals surface area contributed by atoms with Crippen LogP contribution < -0.4 is 14.8 Å². The van der Waals surface area contributed by atoms with Gasteiger partial charge in [-0.1, -0.05) is 35.2 Å². The molecule has 0 bridgehead atoms. The molecular weight excluding hydrogens is 454 g/mol. The summed E-state index contributed by atoms with van der Waals surface area (Å²) in [6.45, 7) is 5.39. The molecule has 0 spiro atoms. The molecule has 3 heterocycles. The third-order valence-electron chi connectivity index (χ3n) is 4.18. The van der Waals surface area contributed by atoms with E-state index < -0.39 is 11.9 Å². The van der Waals surface area contributed by atoms with E-state index in [1.54, 1.807) is 46.6 Å². The number of fused-ring (bicyclic) bond motifs is 1. The van der Waals surface area contributed by atoms with Crippen molar-refractivity contribution in [2.75, 3.05) is 12.3 Å². The normalized spacial score (nSPS) is 14.7. The van der Waals surface area contributed by atoms with Gasteiger partial charge >= 0.3 is 11.9 Å². The molecule has 1 unspecified atom stereocenters. The lowest BCUT2D eigenvalue weighted by atomic mass is 9.94. The molecule has 0 fully saturated rings. The van der Waals surface area contributed by atoms with Gasteiger partial charge in [0.15, 0.2) is 15.8 Å². The van der Waals surface area contributed by atoms with Gasteiger partial charge in [-0.05, 0) is 53.9 Å². The molecule has 2 aromatic heterocycles. The standard InChI is InChI=1S/C17H19N3O4S2.C4H4S/c1-9-19-20-17(26-9)25-8-14-13-7-16(24-11(3)22)15(23-10(2)21)6-12(13)4-5-18-14;1-2-4-5-3-1/h6-7,14,18H,4-5,8H2,1-3H3;1-4H. The summed E-state index contributed by atoms with van der Waals surface area (Å²) in [6, 6.07) is 7.70. The van der Waals surface area contributed by atoms with Crippen LogP contribution in [-0.4, -0.2) is 34.4 Å². The second-order valence-electron chi connectivity index (χ2n) is 6.63. The summed E-state index contributed by atoms with van der Waals surface area (Å²) >= 11 is 4.91. The molecular formula is C21H23N3O4S3. The zero-order valence-electron chi connectivity index (χ0n) is 17.4. The number of thioether (sulfide) groups is 1. The molecule has 31 heavy (non-hydrogen) atoms. The monoisotopic (exact) mass is 477 g/mol. The maximum Gasteiger partial charge on any atom is 0.308 e. The van der Waals surface area contributed by atoms with Gasteiger partial charge in [-0.15, -0.1) is 10.2 Å². The third kappa shape index (κ3) is 7.13. The molecule has 0 saturated carbocycles. The van der Waals surface area contributed by atoms with E-state index in [4.69, 9.17) is 9.47 Å². The fraction of sp³-hybridized carbons (Fsp3) is 0.333. The number of thiophene rings is 1. The predicted octanol–water partition coefficient (Wildman–Crippen LogP) is 4.42. The van der Waals surface area contributed by atoms with Crippen LogP contribution in [0.3, 0.4) is 0 Å². The van der Waals surface area contributed by atoms with Gasteiger partial charge in [-0.25, -0.2) is 0 Å². The molecule has 1 N–H and O–H groups in total. The van der Waals surface area contributed by atoms with E-state index in [9.17, 15) is 9.59 Å². The van der Waals surface area contributed by atoms with Crippen LogP contribution in [0.5, 0.6) is 11.5 Å². The lowest BCUT2D eigenvalue weighted by Crippen LogP contribution is -2.31. The minimum absolute atomic E-state index is 0.0774. The molecule has 3 aromatic rings. The lowest BCUT2D eigenvalue weighted by Gasteiger charge is -2.27. The zero-order chi connectivity index (χ0) is 22.2. The van der Waals surface area contributed by atoms with Gasteiger partial charge in [0.2, 0.25) is 0 Å². The average molecular weight is 478 g/mol. The molecule has 7 nitrogen and oxygen atoms in total. The smallest absolute Gasteiger partial charge is 0.308 e. The van der Waals surface area contributed by atoms with Gasteiger partial charge < -0.3 is 14.8 Å². The summed E-state index contributed by atoms with van der Waals surface area (Å²) in [7, 11) is 0. The number of hydrogen-bond donors (Lipinski definition) is 1.